The van der Waals surface area contributed by atoms with Crippen LogP contribution in [0.5, 0.6) is 0 Å². The largest absolute Gasteiger partial charge is 0.445 e. The molecule has 1 amide bonds. The molecule has 4 heteroatoms. The second-order valence-electron chi connectivity index (χ2n) is 1.85. The van der Waals surface area contributed by atoms with E-state index in [0.717, 1.165) is 0 Å². The highest BCUT2D eigenvalue weighted by Crippen LogP contribution is 1.92. The first-order valence-corrected chi connectivity index (χ1v) is 3.04. The van der Waals surface area contributed by atoms with Gasteiger partial charge in [0.05, 0.1) is 6.61 Å². The van der Waals surface area contributed by atoms with Crippen LogP contribution in [0.3, 0.4) is 0 Å². The quantitative estimate of drug-likeness (QED) is 0.572. The number of primary amides is 1. The van der Waals surface area contributed by atoms with E-state index in [-0.39, 0.29) is 13.2 Å². The molecular formula is C7H11NO3. The molecule has 0 bridgehead atoms. The van der Waals surface area contributed by atoms with Gasteiger partial charge in [-0.3, -0.25) is 0 Å². The zero-order valence-corrected chi connectivity index (χ0v) is 6.12. The Morgan fingerprint density at radius 1 is 1.73 bits per heavy atom. The number of nitrogens with two attached hydrogens (primary N) is 1. The van der Waals surface area contributed by atoms with Gasteiger partial charge in [0.25, 0.3) is 0 Å². The maximum absolute atomic E-state index is 10.1. The first-order valence-electron chi connectivity index (χ1n) is 3.04. The lowest BCUT2D eigenvalue weighted by Gasteiger charge is -1.98. The van der Waals surface area contributed by atoms with Crippen LogP contribution in [0.2, 0.25) is 0 Å². The molecule has 0 aliphatic carbocycles. The van der Waals surface area contributed by atoms with Crippen molar-refractivity contribution in [3.63, 3.8) is 0 Å². The average molecular weight is 157 g/mol. The second-order valence-corrected chi connectivity index (χ2v) is 1.85. The predicted molar refractivity (Wildman–Crippen MR) is 40.9 cm³/mol. The summed E-state index contributed by atoms with van der Waals surface area (Å²) in [6, 6.07) is 0. The lowest BCUT2D eigenvalue weighted by atomic mass is 10.3. The summed E-state index contributed by atoms with van der Waals surface area (Å²) >= 11 is 0. The third kappa shape index (κ3) is 6.60. The number of hydrogen-bond donors (Lipinski definition) is 2. The maximum atomic E-state index is 10.1. The van der Waals surface area contributed by atoms with E-state index >= 15 is 0 Å². The normalized spacial score (nSPS) is 9.91. The van der Waals surface area contributed by atoms with Crippen molar-refractivity contribution in [3.05, 3.63) is 24.3 Å². The van der Waals surface area contributed by atoms with Crippen molar-refractivity contribution < 1.29 is 14.6 Å². The van der Waals surface area contributed by atoms with E-state index in [4.69, 9.17) is 10.8 Å². The van der Waals surface area contributed by atoms with E-state index < -0.39 is 6.09 Å². The molecule has 0 aromatic rings. The number of amides is 1. The van der Waals surface area contributed by atoms with E-state index in [2.05, 4.69) is 11.3 Å². The molecule has 0 atom stereocenters. The third-order valence-electron chi connectivity index (χ3n) is 0.859. The van der Waals surface area contributed by atoms with Gasteiger partial charge in [0.15, 0.2) is 0 Å². The van der Waals surface area contributed by atoms with Gasteiger partial charge in [0.1, 0.15) is 6.61 Å². The summed E-state index contributed by atoms with van der Waals surface area (Å²) in [7, 11) is 0. The second kappa shape index (κ2) is 5.49. The SMILES string of the molecule is C=C(C=CCO)COC(N)=O. The van der Waals surface area contributed by atoms with Gasteiger partial charge < -0.3 is 15.6 Å². The molecule has 0 aromatic carbocycles. The fraction of sp³-hybridized carbons (Fsp3) is 0.286. The Labute approximate surface area is 65.0 Å². The molecule has 0 saturated carbocycles. The van der Waals surface area contributed by atoms with Gasteiger partial charge in [-0.25, -0.2) is 4.79 Å². The zero-order chi connectivity index (χ0) is 8.69. The summed E-state index contributed by atoms with van der Waals surface area (Å²) in [6.07, 6.45) is 2.22. The summed E-state index contributed by atoms with van der Waals surface area (Å²) < 4.78 is 4.41. The molecule has 0 aliphatic heterocycles. The van der Waals surface area contributed by atoms with Crippen LogP contribution in [0.15, 0.2) is 24.3 Å². The summed E-state index contributed by atoms with van der Waals surface area (Å²) in [4.78, 5) is 10.1. The summed E-state index contributed by atoms with van der Waals surface area (Å²) in [6.45, 7) is 3.53. The third-order valence-corrected chi connectivity index (χ3v) is 0.859. The Balaban J connectivity index is 3.53. The Bertz CT molecular complexity index is 175. The van der Waals surface area contributed by atoms with E-state index in [1.165, 1.54) is 6.08 Å². The van der Waals surface area contributed by atoms with Crippen molar-refractivity contribution in [2.24, 2.45) is 5.73 Å². The van der Waals surface area contributed by atoms with Crippen LogP contribution in [0.1, 0.15) is 0 Å². The maximum Gasteiger partial charge on any atom is 0.404 e. The molecule has 0 aromatic heterocycles. The number of aliphatic hydroxyl groups is 1. The molecular weight excluding hydrogens is 146 g/mol. The number of rotatable bonds is 4. The molecule has 11 heavy (non-hydrogen) atoms. The van der Waals surface area contributed by atoms with E-state index in [1.54, 1.807) is 6.08 Å². The van der Waals surface area contributed by atoms with Crippen LogP contribution in [0.4, 0.5) is 4.79 Å². The van der Waals surface area contributed by atoms with Crippen molar-refractivity contribution in [1.82, 2.24) is 0 Å². The molecule has 0 aliphatic rings. The zero-order valence-electron chi connectivity index (χ0n) is 6.12. The molecule has 0 fully saturated rings. The predicted octanol–water partition coefficient (Wildman–Crippen LogP) is 0.186. The highest BCUT2D eigenvalue weighted by molar-refractivity contribution is 5.64. The number of hydrogen-bond acceptors (Lipinski definition) is 3. The minimum Gasteiger partial charge on any atom is -0.445 e. The van der Waals surface area contributed by atoms with Crippen LogP contribution in [0.25, 0.3) is 0 Å². The van der Waals surface area contributed by atoms with Crippen LogP contribution >= 0.6 is 0 Å². The Hall–Kier alpha value is -1.29. The van der Waals surface area contributed by atoms with Crippen LogP contribution in [-0.4, -0.2) is 24.4 Å². The molecule has 0 saturated heterocycles. The Morgan fingerprint density at radius 2 is 2.36 bits per heavy atom. The molecule has 0 spiro atoms. The van der Waals surface area contributed by atoms with Gasteiger partial charge in [0, 0.05) is 0 Å². The standard InChI is InChI=1S/C7H11NO3/c1-6(3-2-4-9)5-11-7(8)10/h2-3,9H,1,4-5H2,(H2,8,10). The number of carbonyl (C=O) groups excluding carboxylic acids is 1. The monoisotopic (exact) mass is 157 g/mol. The van der Waals surface area contributed by atoms with Crippen LogP contribution in [0, 0.1) is 0 Å². The van der Waals surface area contributed by atoms with Gasteiger partial charge in [0.2, 0.25) is 0 Å². The fourth-order valence-electron chi connectivity index (χ4n) is 0.431. The molecule has 0 unspecified atom stereocenters. The molecule has 0 radical (unpaired) electrons. The van der Waals surface area contributed by atoms with Gasteiger partial charge in [-0.15, -0.1) is 0 Å². The van der Waals surface area contributed by atoms with Crippen molar-refractivity contribution in [1.29, 1.82) is 0 Å². The smallest absolute Gasteiger partial charge is 0.404 e. The fourth-order valence-corrected chi connectivity index (χ4v) is 0.431. The number of ether oxygens (including phenoxy) is 1. The van der Waals surface area contributed by atoms with Crippen LogP contribution in [-0.2, 0) is 4.74 Å². The number of aliphatic hydroxyl groups excluding tert-OH is 1. The van der Waals surface area contributed by atoms with Crippen molar-refractivity contribution >= 4 is 6.09 Å². The van der Waals surface area contributed by atoms with Gasteiger partial charge in [-0.1, -0.05) is 18.7 Å². The molecule has 4 nitrogen and oxygen atoms in total. The lowest BCUT2D eigenvalue weighted by Crippen LogP contribution is -2.14. The highest BCUT2D eigenvalue weighted by Gasteiger charge is 1.92. The van der Waals surface area contributed by atoms with E-state index in [0.29, 0.717) is 5.57 Å². The minimum atomic E-state index is -0.830. The van der Waals surface area contributed by atoms with E-state index in [9.17, 15) is 4.79 Å². The van der Waals surface area contributed by atoms with Gasteiger partial charge >= 0.3 is 6.09 Å². The average Bonchev–Trinajstić information content (AvgIpc) is 1.97. The molecule has 62 valence electrons. The van der Waals surface area contributed by atoms with Crippen LogP contribution < -0.4 is 5.73 Å². The van der Waals surface area contributed by atoms with Gasteiger partial charge in [-0.05, 0) is 5.57 Å². The topological polar surface area (TPSA) is 72.6 Å². The summed E-state index contributed by atoms with van der Waals surface area (Å²) in [5.74, 6) is 0. The molecule has 0 rings (SSSR count). The number of carbonyl (C=O) groups is 1. The molecule has 3 N–H and O–H groups in total. The summed E-state index contributed by atoms with van der Waals surface area (Å²) in [5.41, 5.74) is 5.28. The summed E-state index contributed by atoms with van der Waals surface area (Å²) in [5, 5.41) is 8.33. The van der Waals surface area contributed by atoms with Gasteiger partial charge in [-0.2, -0.15) is 0 Å². The minimum absolute atomic E-state index is 0.0599. The van der Waals surface area contributed by atoms with Crippen molar-refractivity contribution in [3.8, 4) is 0 Å². The van der Waals surface area contributed by atoms with Crippen molar-refractivity contribution in [2.45, 2.75) is 0 Å². The molecule has 0 heterocycles. The Kier molecular flexibility index (Phi) is 4.85. The Morgan fingerprint density at radius 3 is 2.82 bits per heavy atom. The highest BCUT2D eigenvalue weighted by atomic mass is 16.5. The first-order chi connectivity index (χ1) is 5.16. The lowest BCUT2D eigenvalue weighted by molar-refractivity contribution is 0.167. The van der Waals surface area contributed by atoms with E-state index in [1.807, 2.05) is 0 Å². The first kappa shape index (κ1) is 9.71. The van der Waals surface area contributed by atoms with Crippen molar-refractivity contribution in [2.75, 3.05) is 13.2 Å².